The van der Waals surface area contributed by atoms with Crippen molar-refractivity contribution in [1.29, 1.82) is 0 Å². The number of fused-ring (bicyclic) bond motifs is 1. The predicted molar refractivity (Wildman–Crippen MR) is 167 cm³/mol. The van der Waals surface area contributed by atoms with Crippen molar-refractivity contribution in [3.05, 3.63) is 91.9 Å². The van der Waals surface area contributed by atoms with E-state index in [9.17, 15) is 4.79 Å². The zero-order valence-electron chi connectivity index (χ0n) is 23.0. The Labute approximate surface area is 254 Å². The molecule has 0 aromatic heterocycles. The number of ether oxygens (including phenoxy) is 2. The minimum Gasteiger partial charge on any atom is -0.494 e. The second-order valence-corrected chi connectivity index (χ2v) is 12.4. The molecule has 0 bridgehead atoms. The largest absolute Gasteiger partial charge is 0.494 e. The second kappa shape index (κ2) is 14.0. The van der Waals surface area contributed by atoms with Crippen LogP contribution in [-0.2, 0) is 24.1 Å². The molecule has 0 saturated carbocycles. The lowest BCUT2D eigenvalue weighted by Crippen LogP contribution is -2.51. The summed E-state index contributed by atoms with van der Waals surface area (Å²) in [6.45, 7) is 6.05. The number of piperazine rings is 1. The van der Waals surface area contributed by atoms with Crippen LogP contribution in [0.5, 0.6) is 5.75 Å². The van der Waals surface area contributed by atoms with E-state index >= 15 is 0 Å². The first-order chi connectivity index (χ1) is 19.5. The normalized spacial score (nSPS) is 18.0. The van der Waals surface area contributed by atoms with Gasteiger partial charge in [0, 0.05) is 54.3 Å². The van der Waals surface area contributed by atoms with Crippen molar-refractivity contribution in [2.45, 2.75) is 38.3 Å². The summed E-state index contributed by atoms with van der Waals surface area (Å²) in [6, 6.07) is 20.7. The van der Waals surface area contributed by atoms with E-state index in [1.54, 1.807) is 19.2 Å². The van der Waals surface area contributed by atoms with Crippen molar-refractivity contribution in [3.8, 4) is 5.75 Å². The van der Waals surface area contributed by atoms with Gasteiger partial charge in [-0.05, 0) is 84.8 Å². The summed E-state index contributed by atoms with van der Waals surface area (Å²) in [5.41, 5.74) is 5.66. The lowest BCUT2D eigenvalue weighted by atomic mass is 9.98. The van der Waals surface area contributed by atoms with E-state index in [1.807, 2.05) is 12.1 Å². The van der Waals surface area contributed by atoms with Crippen molar-refractivity contribution in [3.63, 3.8) is 0 Å². The van der Waals surface area contributed by atoms with Gasteiger partial charge < -0.3 is 14.8 Å². The topological polar surface area (TPSA) is 54.0 Å². The van der Waals surface area contributed by atoms with Crippen LogP contribution < -0.4 is 10.1 Å². The number of hydrogen-bond acceptors (Lipinski definition) is 6. The number of carbonyl (C=O) groups excluding carboxylic acids is 1. The van der Waals surface area contributed by atoms with Crippen LogP contribution in [0.25, 0.3) is 0 Å². The fourth-order valence-electron chi connectivity index (χ4n) is 5.78. The van der Waals surface area contributed by atoms with Crippen LogP contribution in [0.4, 0.5) is 5.69 Å². The molecule has 2 aliphatic rings. The first-order valence-electron chi connectivity index (χ1n) is 14.1. The molecule has 8 heteroatoms. The molecule has 3 aromatic carbocycles. The fraction of sp³-hybridized carbons (Fsp3) is 0.406. The van der Waals surface area contributed by atoms with Gasteiger partial charge in [0.25, 0.3) is 0 Å². The smallest absolute Gasteiger partial charge is 0.338 e. The average molecular weight is 671 g/mol. The Bertz CT molecular complexity index is 1280. The highest BCUT2D eigenvalue weighted by Gasteiger charge is 2.28. The Morgan fingerprint density at radius 1 is 0.950 bits per heavy atom. The number of nitrogens with zero attached hydrogens (tertiary/aromatic N) is 2. The molecule has 3 aromatic rings. The molecule has 1 fully saturated rings. The van der Waals surface area contributed by atoms with E-state index in [4.69, 9.17) is 9.47 Å². The molecule has 212 valence electrons. The summed E-state index contributed by atoms with van der Waals surface area (Å²) in [6.07, 6.45) is 4.47. The van der Waals surface area contributed by atoms with Crippen LogP contribution in [0.15, 0.2) is 69.6 Å². The van der Waals surface area contributed by atoms with Crippen molar-refractivity contribution in [2.24, 2.45) is 0 Å². The Kier molecular flexibility index (Phi) is 10.2. The molecular formula is C32H37Br2N3O3. The molecular weight excluding hydrogens is 634 g/mol. The van der Waals surface area contributed by atoms with Crippen molar-refractivity contribution < 1.29 is 14.3 Å². The summed E-state index contributed by atoms with van der Waals surface area (Å²) in [4.78, 5) is 17.4. The van der Waals surface area contributed by atoms with Gasteiger partial charge in [0.05, 0.1) is 18.4 Å². The highest BCUT2D eigenvalue weighted by Crippen LogP contribution is 2.36. The molecule has 6 nitrogen and oxygen atoms in total. The van der Waals surface area contributed by atoms with Crippen molar-refractivity contribution in [2.75, 3.05) is 51.8 Å². The minimum atomic E-state index is -0.259. The van der Waals surface area contributed by atoms with E-state index in [2.05, 4.69) is 83.4 Å². The Balaban J connectivity index is 1.12. The van der Waals surface area contributed by atoms with Gasteiger partial charge in [-0.1, -0.05) is 50.1 Å². The molecule has 1 saturated heterocycles. The van der Waals surface area contributed by atoms with E-state index in [0.717, 1.165) is 78.9 Å². The SMILES string of the molecule is COc1c(NCc2ccc(Br)cc2)ccc2c1CCC[C@@H](N1CCN(CCOC(=O)c3ccc(Br)cc3)CC1)C2. The Morgan fingerprint density at radius 2 is 1.65 bits per heavy atom. The third-order valence-corrected chi connectivity index (χ3v) is 9.08. The van der Waals surface area contributed by atoms with Crippen LogP contribution >= 0.6 is 31.9 Å². The zero-order chi connectivity index (χ0) is 27.9. The van der Waals surface area contributed by atoms with Gasteiger partial charge in [-0.3, -0.25) is 9.80 Å². The molecule has 1 N–H and O–H groups in total. The summed E-state index contributed by atoms with van der Waals surface area (Å²) in [5, 5.41) is 3.60. The molecule has 0 amide bonds. The quantitative estimate of drug-likeness (QED) is 0.206. The van der Waals surface area contributed by atoms with Gasteiger partial charge in [0.15, 0.2) is 0 Å². The number of rotatable bonds is 9. The third-order valence-electron chi connectivity index (χ3n) is 8.02. The summed E-state index contributed by atoms with van der Waals surface area (Å²) in [5.74, 6) is 0.739. The Morgan fingerprint density at radius 3 is 2.35 bits per heavy atom. The monoisotopic (exact) mass is 669 g/mol. The van der Waals surface area contributed by atoms with Crippen LogP contribution in [0.2, 0.25) is 0 Å². The van der Waals surface area contributed by atoms with E-state index in [-0.39, 0.29) is 5.97 Å². The van der Waals surface area contributed by atoms with Gasteiger partial charge in [-0.2, -0.15) is 0 Å². The molecule has 1 aliphatic carbocycles. The number of nitrogens with one attached hydrogen (secondary N) is 1. The fourth-order valence-corrected chi connectivity index (χ4v) is 6.31. The maximum absolute atomic E-state index is 12.3. The van der Waals surface area contributed by atoms with Crippen LogP contribution in [0.1, 0.15) is 39.9 Å². The maximum atomic E-state index is 12.3. The van der Waals surface area contributed by atoms with Gasteiger partial charge in [0.2, 0.25) is 0 Å². The number of anilines is 1. The molecule has 5 rings (SSSR count). The lowest BCUT2D eigenvalue weighted by molar-refractivity contribution is 0.0392. The molecule has 0 spiro atoms. The highest BCUT2D eigenvalue weighted by atomic mass is 79.9. The maximum Gasteiger partial charge on any atom is 0.338 e. The number of methoxy groups -OCH3 is 1. The van der Waals surface area contributed by atoms with Gasteiger partial charge in [-0.15, -0.1) is 0 Å². The average Bonchev–Trinajstić information content (AvgIpc) is 3.20. The molecule has 0 unspecified atom stereocenters. The lowest BCUT2D eigenvalue weighted by Gasteiger charge is -2.39. The third kappa shape index (κ3) is 7.46. The zero-order valence-corrected chi connectivity index (χ0v) is 26.2. The number of hydrogen-bond donors (Lipinski definition) is 1. The van der Waals surface area contributed by atoms with Crippen LogP contribution in [0, 0.1) is 0 Å². The number of esters is 1. The summed E-state index contributed by atoms with van der Waals surface area (Å²) in [7, 11) is 1.79. The van der Waals surface area contributed by atoms with Crippen LogP contribution in [0.3, 0.4) is 0 Å². The van der Waals surface area contributed by atoms with Crippen molar-refractivity contribution >= 4 is 43.5 Å². The molecule has 1 atom stereocenters. The molecule has 0 radical (unpaired) electrons. The Hall–Kier alpha value is -2.39. The minimum absolute atomic E-state index is 0.259. The van der Waals surface area contributed by atoms with Gasteiger partial charge >= 0.3 is 5.97 Å². The van der Waals surface area contributed by atoms with Gasteiger partial charge in [-0.25, -0.2) is 4.79 Å². The second-order valence-electron chi connectivity index (χ2n) is 10.5. The number of carbonyl (C=O) groups is 1. The number of halogens is 2. The van der Waals surface area contributed by atoms with Gasteiger partial charge in [0.1, 0.15) is 12.4 Å². The predicted octanol–water partition coefficient (Wildman–Crippen LogP) is 6.55. The first-order valence-corrected chi connectivity index (χ1v) is 15.6. The van der Waals surface area contributed by atoms with Crippen LogP contribution in [-0.4, -0.2) is 68.3 Å². The van der Waals surface area contributed by atoms with E-state index < -0.39 is 0 Å². The first kappa shape index (κ1) is 29.1. The van der Waals surface area contributed by atoms with E-state index in [1.165, 1.54) is 23.1 Å². The molecule has 40 heavy (non-hydrogen) atoms. The van der Waals surface area contributed by atoms with E-state index in [0.29, 0.717) is 18.2 Å². The standard InChI is InChI=1S/C32H37Br2N3O3/c1-39-31-29-4-2-3-28(21-25(29)9-14-30(31)35-22-23-5-10-26(33)11-6-23)37-17-15-36(16-18-37)19-20-40-32(38)24-7-12-27(34)13-8-24/h5-14,28,35H,2-4,15-22H2,1H3/t28-/m1/s1. The number of benzene rings is 3. The summed E-state index contributed by atoms with van der Waals surface area (Å²) >= 11 is 6.91. The molecule has 1 heterocycles. The summed E-state index contributed by atoms with van der Waals surface area (Å²) < 4.78 is 13.5. The highest BCUT2D eigenvalue weighted by molar-refractivity contribution is 9.10. The molecule has 1 aliphatic heterocycles. The van der Waals surface area contributed by atoms with Crippen molar-refractivity contribution in [1.82, 2.24) is 9.80 Å².